The van der Waals surface area contributed by atoms with Gasteiger partial charge in [-0.15, -0.1) is 0 Å². The highest BCUT2D eigenvalue weighted by Crippen LogP contribution is 1.99. The number of hydrogen-bond donors (Lipinski definition) is 2. The van der Waals surface area contributed by atoms with E-state index < -0.39 is 12.1 Å². The van der Waals surface area contributed by atoms with Crippen molar-refractivity contribution in [3.05, 3.63) is 0 Å². The molecule has 2 unspecified atom stereocenters. The van der Waals surface area contributed by atoms with E-state index in [0.717, 1.165) is 0 Å². The molecule has 6 nitrogen and oxygen atoms in total. The summed E-state index contributed by atoms with van der Waals surface area (Å²) in [4.78, 5) is 21.9. The van der Waals surface area contributed by atoms with Crippen LogP contribution in [0.2, 0.25) is 0 Å². The SMILES string of the molecule is COC(C)CCC(=O)NCC(OC)C(=O)O. The second-order valence-electron chi connectivity index (χ2n) is 3.45. The predicted molar refractivity (Wildman–Crippen MR) is 57.1 cm³/mol. The van der Waals surface area contributed by atoms with E-state index in [1.54, 1.807) is 7.11 Å². The fourth-order valence-electron chi connectivity index (χ4n) is 1.02. The van der Waals surface area contributed by atoms with Crippen molar-refractivity contribution in [2.24, 2.45) is 0 Å². The van der Waals surface area contributed by atoms with Gasteiger partial charge in [-0.3, -0.25) is 4.79 Å². The maximum atomic E-state index is 11.3. The van der Waals surface area contributed by atoms with Crippen LogP contribution in [0.5, 0.6) is 0 Å². The summed E-state index contributed by atoms with van der Waals surface area (Å²) in [6, 6.07) is 0. The van der Waals surface area contributed by atoms with Crippen molar-refractivity contribution in [2.75, 3.05) is 20.8 Å². The van der Waals surface area contributed by atoms with Crippen LogP contribution in [0.25, 0.3) is 0 Å². The minimum Gasteiger partial charge on any atom is -0.479 e. The topological polar surface area (TPSA) is 84.9 Å². The smallest absolute Gasteiger partial charge is 0.334 e. The van der Waals surface area contributed by atoms with E-state index in [1.165, 1.54) is 7.11 Å². The monoisotopic (exact) mass is 233 g/mol. The van der Waals surface area contributed by atoms with Gasteiger partial charge in [0.1, 0.15) is 0 Å². The van der Waals surface area contributed by atoms with E-state index in [0.29, 0.717) is 12.8 Å². The van der Waals surface area contributed by atoms with E-state index in [1.807, 2.05) is 6.92 Å². The first-order valence-electron chi connectivity index (χ1n) is 5.06. The molecule has 0 aliphatic heterocycles. The number of ether oxygens (including phenoxy) is 2. The Bertz CT molecular complexity index is 231. The van der Waals surface area contributed by atoms with Crippen molar-refractivity contribution < 1.29 is 24.2 Å². The van der Waals surface area contributed by atoms with Gasteiger partial charge in [0.25, 0.3) is 0 Å². The highest BCUT2D eigenvalue weighted by Gasteiger charge is 2.17. The minimum atomic E-state index is -1.09. The van der Waals surface area contributed by atoms with Crippen LogP contribution in [0.1, 0.15) is 19.8 Å². The number of carboxylic acids is 1. The molecule has 0 aromatic rings. The Morgan fingerprint density at radius 1 is 1.31 bits per heavy atom. The first kappa shape index (κ1) is 14.9. The van der Waals surface area contributed by atoms with Gasteiger partial charge >= 0.3 is 5.97 Å². The molecule has 0 aliphatic rings. The Balaban J connectivity index is 3.76. The molecule has 2 N–H and O–H groups in total. The number of rotatable bonds is 8. The van der Waals surface area contributed by atoms with Crippen molar-refractivity contribution in [3.8, 4) is 0 Å². The van der Waals surface area contributed by atoms with Gasteiger partial charge in [0.15, 0.2) is 6.10 Å². The van der Waals surface area contributed by atoms with E-state index in [9.17, 15) is 9.59 Å². The number of methoxy groups -OCH3 is 2. The van der Waals surface area contributed by atoms with Crippen LogP contribution in [0.3, 0.4) is 0 Å². The van der Waals surface area contributed by atoms with Crippen molar-refractivity contribution in [2.45, 2.75) is 32.0 Å². The van der Waals surface area contributed by atoms with Gasteiger partial charge in [0.05, 0.1) is 12.6 Å². The Morgan fingerprint density at radius 3 is 2.38 bits per heavy atom. The molecular weight excluding hydrogens is 214 g/mol. The molecule has 0 bridgehead atoms. The summed E-state index contributed by atoms with van der Waals surface area (Å²) in [5, 5.41) is 11.1. The molecule has 0 aliphatic carbocycles. The lowest BCUT2D eigenvalue weighted by Gasteiger charge is -2.12. The molecule has 0 heterocycles. The Hall–Kier alpha value is -1.14. The molecule has 16 heavy (non-hydrogen) atoms. The number of hydrogen-bond acceptors (Lipinski definition) is 4. The fourth-order valence-corrected chi connectivity index (χ4v) is 1.02. The molecule has 0 rings (SSSR count). The zero-order valence-corrected chi connectivity index (χ0v) is 9.86. The summed E-state index contributed by atoms with van der Waals surface area (Å²) in [6.07, 6.45) is -0.0646. The number of carbonyl (C=O) groups is 2. The third-order valence-electron chi connectivity index (χ3n) is 2.22. The lowest BCUT2D eigenvalue weighted by molar-refractivity contribution is -0.148. The first-order valence-corrected chi connectivity index (χ1v) is 5.06. The van der Waals surface area contributed by atoms with E-state index >= 15 is 0 Å². The summed E-state index contributed by atoms with van der Waals surface area (Å²) in [7, 11) is 2.87. The lowest BCUT2D eigenvalue weighted by atomic mass is 10.2. The fraction of sp³-hybridized carbons (Fsp3) is 0.800. The highest BCUT2D eigenvalue weighted by molar-refractivity contribution is 5.78. The normalized spacial score (nSPS) is 14.2. The number of carboxylic acid groups (broad SMARTS) is 1. The number of carbonyl (C=O) groups excluding carboxylic acids is 1. The van der Waals surface area contributed by atoms with Gasteiger partial charge in [-0.1, -0.05) is 0 Å². The third-order valence-corrected chi connectivity index (χ3v) is 2.22. The summed E-state index contributed by atoms with van der Waals surface area (Å²) in [6.45, 7) is 1.84. The number of nitrogens with one attached hydrogen (secondary N) is 1. The van der Waals surface area contributed by atoms with Crippen LogP contribution >= 0.6 is 0 Å². The third kappa shape index (κ3) is 6.36. The highest BCUT2D eigenvalue weighted by atomic mass is 16.5. The molecule has 0 aromatic heterocycles. The molecule has 2 atom stereocenters. The van der Waals surface area contributed by atoms with Crippen molar-refractivity contribution >= 4 is 11.9 Å². The second kappa shape index (κ2) is 8.06. The van der Waals surface area contributed by atoms with Crippen molar-refractivity contribution in [1.82, 2.24) is 5.32 Å². The van der Waals surface area contributed by atoms with Gasteiger partial charge in [-0.2, -0.15) is 0 Å². The average molecular weight is 233 g/mol. The number of aliphatic carboxylic acids is 1. The largest absolute Gasteiger partial charge is 0.479 e. The van der Waals surface area contributed by atoms with Gasteiger partial charge in [-0.05, 0) is 13.3 Å². The van der Waals surface area contributed by atoms with Gasteiger partial charge in [0.2, 0.25) is 5.91 Å². The molecule has 94 valence electrons. The van der Waals surface area contributed by atoms with Crippen molar-refractivity contribution in [3.63, 3.8) is 0 Å². The molecule has 6 heteroatoms. The zero-order valence-electron chi connectivity index (χ0n) is 9.86. The maximum absolute atomic E-state index is 11.3. The Labute approximate surface area is 94.9 Å². The van der Waals surface area contributed by atoms with Crippen LogP contribution in [0.4, 0.5) is 0 Å². The summed E-state index contributed by atoms with van der Waals surface area (Å²) < 4.78 is 9.66. The van der Waals surface area contributed by atoms with Crippen LogP contribution in [-0.4, -0.2) is 50.0 Å². The van der Waals surface area contributed by atoms with Crippen LogP contribution < -0.4 is 5.32 Å². The molecule has 1 amide bonds. The molecule has 0 saturated carbocycles. The van der Waals surface area contributed by atoms with Crippen LogP contribution in [-0.2, 0) is 19.1 Å². The second-order valence-corrected chi connectivity index (χ2v) is 3.45. The van der Waals surface area contributed by atoms with Crippen LogP contribution in [0, 0.1) is 0 Å². The van der Waals surface area contributed by atoms with Crippen molar-refractivity contribution in [1.29, 1.82) is 0 Å². The van der Waals surface area contributed by atoms with Gasteiger partial charge < -0.3 is 19.9 Å². The number of amides is 1. The first-order chi connectivity index (χ1) is 7.51. The quantitative estimate of drug-likeness (QED) is 0.617. The zero-order chi connectivity index (χ0) is 12.6. The summed E-state index contributed by atoms with van der Waals surface area (Å²) in [5.74, 6) is -1.29. The molecule has 0 spiro atoms. The summed E-state index contributed by atoms with van der Waals surface area (Å²) >= 11 is 0. The average Bonchev–Trinajstić information content (AvgIpc) is 2.26. The molecule has 0 radical (unpaired) electrons. The Morgan fingerprint density at radius 2 is 1.94 bits per heavy atom. The molecule has 0 aromatic carbocycles. The Kier molecular flexibility index (Phi) is 7.49. The molecular formula is C10H19NO5. The maximum Gasteiger partial charge on any atom is 0.334 e. The lowest BCUT2D eigenvalue weighted by Crippen LogP contribution is -2.37. The van der Waals surface area contributed by atoms with E-state index in [4.69, 9.17) is 9.84 Å². The van der Waals surface area contributed by atoms with Gasteiger partial charge in [0, 0.05) is 20.6 Å². The molecule has 0 saturated heterocycles. The van der Waals surface area contributed by atoms with Crippen LogP contribution in [0.15, 0.2) is 0 Å². The van der Waals surface area contributed by atoms with E-state index in [-0.39, 0.29) is 18.6 Å². The predicted octanol–water partition coefficient (Wildman–Crippen LogP) is 0.0173. The van der Waals surface area contributed by atoms with E-state index in [2.05, 4.69) is 10.1 Å². The summed E-state index contributed by atoms with van der Waals surface area (Å²) in [5.41, 5.74) is 0. The standard InChI is InChI=1S/C10H19NO5/c1-7(15-2)4-5-9(12)11-6-8(16-3)10(13)14/h7-8H,4-6H2,1-3H3,(H,11,12)(H,13,14). The van der Waals surface area contributed by atoms with Gasteiger partial charge in [-0.25, -0.2) is 4.79 Å². The minimum absolute atomic E-state index is 0.0171. The molecule has 0 fully saturated rings.